The summed E-state index contributed by atoms with van der Waals surface area (Å²) in [6.45, 7) is 0. The first-order valence-electron chi connectivity index (χ1n) is 5.08. The molecule has 2 rings (SSSR count). The van der Waals surface area contributed by atoms with E-state index in [-0.39, 0.29) is 0 Å². The molecule has 0 unspecified atom stereocenters. The Morgan fingerprint density at radius 3 is 2.33 bits per heavy atom. The molecule has 0 spiro atoms. The van der Waals surface area contributed by atoms with Gasteiger partial charge >= 0.3 is 0 Å². The van der Waals surface area contributed by atoms with Crippen molar-refractivity contribution in [2.24, 2.45) is 5.92 Å². The fraction of sp³-hybridized carbons (Fsp3) is 0.385. The predicted octanol–water partition coefficient (Wildman–Crippen LogP) is 2.49. The maximum absolute atomic E-state index is 5.73. The summed E-state index contributed by atoms with van der Waals surface area (Å²) in [7, 11) is 1.65. The number of hydrogen-bond donors (Lipinski definition) is 0. The molecule has 15 heavy (non-hydrogen) atoms. The van der Waals surface area contributed by atoms with Crippen molar-refractivity contribution in [3.63, 3.8) is 0 Å². The number of rotatable bonds is 3. The minimum absolute atomic E-state index is 0.291. The highest BCUT2D eigenvalue weighted by Gasteiger charge is 2.29. The van der Waals surface area contributed by atoms with E-state index in [1.165, 1.54) is 0 Å². The number of ether oxygens (including phenoxy) is 2. The van der Waals surface area contributed by atoms with E-state index in [1.54, 1.807) is 7.11 Å². The van der Waals surface area contributed by atoms with Crippen molar-refractivity contribution in [1.82, 2.24) is 0 Å². The quantitative estimate of drug-likeness (QED) is 0.701. The molecular weight excluding hydrogens is 188 g/mol. The molecule has 0 amide bonds. The maximum Gasteiger partial charge on any atom is 0.119 e. The van der Waals surface area contributed by atoms with Crippen LogP contribution in [0.5, 0.6) is 11.5 Å². The van der Waals surface area contributed by atoms with Gasteiger partial charge in [0, 0.05) is 5.92 Å². The van der Waals surface area contributed by atoms with Gasteiger partial charge in [0.2, 0.25) is 0 Å². The lowest BCUT2D eigenvalue weighted by Gasteiger charge is -2.32. The van der Waals surface area contributed by atoms with Crippen LogP contribution in [0.4, 0.5) is 0 Å². The lowest BCUT2D eigenvalue weighted by atomic mass is 9.83. The normalized spacial score (nSPS) is 23.7. The van der Waals surface area contributed by atoms with E-state index in [1.807, 2.05) is 24.3 Å². The van der Waals surface area contributed by atoms with Gasteiger partial charge in [0.05, 0.1) is 7.11 Å². The van der Waals surface area contributed by atoms with E-state index in [4.69, 9.17) is 15.9 Å². The Bertz CT molecular complexity index is 355. The average Bonchev–Trinajstić information content (AvgIpc) is 2.23. The molecule has 0 atom stereocenters. The third kappa shape index (κ3) is 2.24. The second kappa shape index (κ2) is 4.27. The Balaban J connectivity index is 1.87. The molecule has 1 aromatic rings. The van der Waals surface area contributed by atoms with Crippen LogP contribution < -0.4 is 9.47 Å². The van der Waals surface area contributed by atoms with Gasteiger partial charge in [0.1, 0.15) is 17.6 Å². The largest absolute Gasteiger partial charge is 0.497 e. The second-order valence-electron chi connectivity index (χ2n) is 3.75. The van der Waals surface area contributed by atoms with Crippen molar-refractivity contribution in [3.8, 4) is 23.8 Å². The molecule has 1 saturated carbocycles. The summed E-state index contributed by atoms with van der Waals surface area (Å²) < 4.78 is 10.8. The smallest absolute Gasteiger partial charge is 0.119 e. The zero-order chi connectivity index (χ0) is 10.7. The van der Waals surface area contributed by atoms with E-state index in [2.05, 4.69) is 5.92 Å². The molecule has 0 heterocycles. The Morgan fingerprint density at radius 1 is 1.20 bits per heavy atom. The Morgan fingerprint density at radius 2 is 1.80 bits per heavy atom. The van der Waals surface area contributed by atoms with Crippen LogP contribution in [0.3, 0.4) is 0 Å². The first-order chi connectivity index (χ1) is 7.31. The van der Waals surface area contributed by atoms with Crippen LogP contribution in [0.15, 0.2) is 24.3 Å². The fourth-order valence-corrected chi connectivity index (χ4v) is 1.64. The number of hydrogen-bond acceptors (Lipinski definition) is 2. The Hall–Kier alpha value is -1.62. The Kier molecular flexibility index (Phi) is 2.82. The first kappa shape index (κ1) is 9.92. The minimum atomic E-state index is 0.291. The minimum Gasteiger partial charge on any atom is -0.497 e. The SMILES string of the molecule is C#CC1CC(Oc2ccc(OC)cc2)C1. The molecule has 1 aliphatic carbocycles. The highest BCUT2D eigenvalue weighted by atomic mass is 16.5. The Labute approximate surface area is 90.2 Å². The van der Waals surface area contributed by atoms with Crippen LogP contribution in [0, 0.1) is 18.3 Å². The van der Waals surface area contributed by atoms with Gasteiger partial charge < -0.3 is 9.47 Å². The summed E-state index contributed by atoms with van der Waals surface area (Å²) in [5.74, 6) is 4.88. The topological polar surface area (TPSA) is 18.5 Å². The van der Waals surface area contributed by atoms with Crippen molar-refractivity contribution in [2.75, 3.05) is 7.11 Å². The summed E-state index contributed by atoms with van der Waals surface area (Å²) >= 11 is 0. The molecule has 0 N–H and O–H groups in total. The van der Waals surface area contributed by atoms with Gasteiger partial charge in [0.25, 0.3) is 0 Å². The van der Waals surface area contributed by atoms with Crippen molar-refractivity contribution >= 4 is 0 Å². The highest BCUT2D eigenvalue weighted by molar-refractivity contribution is 5.31. The van der Waals surface area contributed by atoms with E-state index in [9.17, 15) is 0 Å². The molecule has 0 aliphatic heterocycles. The maximum atomic E-state index is 5.73. The van der Waals surface area contributed by atoms with E-state index in [0.29, 0.717) is 12.0 Å². The van der Waals surface area contributed by atoms with Gasteiger partial charge in [-0.1, -0.05) is 0 Å². The van der Waals surface area contributed by atoms with Crippen LogP contribution in [0.1, 0.15) is 12.8 Å². The molecule has 2 nitrogen and oxygen atoms in total. The van der Waals surface area contributed by atoms with Crippen LogP contribution in [0.2, 0.25) is 0 Å². The van der Waals surface area contributed by atoms with E-state index >= 15 is 0 Å². The summed E-state index contributed by atoms with van der Waals surface area (Å²) in [4.78, 5) is 0. The fourth-order valence-electron chi connectivity index (χ4n) is 1.64. The van der Waals surface area contributed by atoms with Crippen molar-refractivity contribution in [3.05, 3.63) is 24.3 Å². The number of terminal acetylenes is 1. The van der Waals surface area contributed by atoms with Gasteiger partial charge in [-0.2, -0.15) is 0 Å². The molecule has 0 bridgehead atoms. The molecule has 2 heteroatoms. The third-order valence-electron chi connectivity index (χ3n) is 2.69. The third-order valence-corrected chi connectivity index (χ3v) is 2.69. The average molecular weight is 202 g/mol. The van der Waals surface area contributed by atoms with Crippen molar-refractivity contribution in [1.29, 1.82) is 0 Å². The molecule has 1 fully saturated rings. The van der Waals surface area contributed by atoms with Crippen LogP contribution in [-0.4, -0.2) is 13.2 Å². The molecule has 78 valence electrons. The molecule has 0 radical (unpaired) electrons. The molecular formula is C13H14O2. The lowest BCUT2D eigenvalue weighted by molar-refractivity contribution is 0.0902. The molecule has 0 aromatic heterocycles. The molecule has 0 saturated heterocycles. The summed E-state index contributed by atoms with van der Waals surface area (Å²) in [5, 5.41) is 0. The van der Waals surface area contributed by atoms with Crippen molar-refractivity contribution in [2.45, 2.75) is 18.9 Å². The van der Waals surface area contributed by atoms with Crippen LogP contribution in [0.25, 0.3) is 0 Å². The molecule has 1 aromatic carbocycles. The monoisotopic (exact) mass is 202 g/mol. The van der Waals surface area contributed by atoms with Gasteiger partial charge in [-0.05, 0) is 37.1 Å². The summed E-state index contributed by atoms with van der Waals surface area (Å²) in [6, 6.07) is 7.63. The zero-order valence-electron chi connectivity index (χ0n) is 8.77. The summed E-state index contributed by atoms with van der Waals surface area (Å²) in [6.07, 6.45) is 7.55. The predicted molar refractivity (Wildman–Crippen MR) is 59.0 cm³/mol. The van der Waals surface area contributed by atoms with Gasteiger partial charge in [-0.3, -0.25) is 0 Å². The van der Waals surface area contributed by atoms with Gasteiger partial charge in [0.15, 0.2) is 0 Å². The van der Waals surface area contributed by atoms with Crippen molar-refractivity contribution < 1.29 is 9.47 Å². The van der Waals surface area contributed by atoms with Crippen LogP contribution >= 0.6 is 0 Å². The highest BCUT2D eigenvalue weighted by Crippen LogP contribution is 2.31. The second-order valence-corrected chi connectivity index (χ2v) is 3.75. The van der Waals surface area contributed by atoms with E-state index < -0.39 is 0 Å². The van der Waals surface area contributed by atoms with E-state index in [0.717, 1.165) is 24.3 Å². The van der Waals surface area contributed by atoms with Gasteiger partial charge in [-0.25, -0.2) is 0 Å². The zero-order valence-corrected chi connectivity index (χ0v) is 8.77. The lowest BCUT2D eigenvalue weighted by Crippen LogP contribution is -2.32. The number of benzene rings is 1. The van der Waals surface area contributed by atoms with Gasteiger partial charge in [-0.15, -0.1) is 12.3 Å². The molecule has 1 aliphatic rings. The number of methoxy groups -OCH3 is 1. The summed E-state index contributed by atoms with van der Waals surface area (Å²) in [5.41, 5.74) is 0. The standard InChI is InChI=1S/C13H14O2/c1-3-10-8-13(9-10)15-12-6-4-11(14-2)5-7-12/h1,4-7,10,13H,8-9H2,2H3. The van der Waals surface area contributed by atoms with Crippen LogP contribution in [-0.2, 0) is 0 Å². The first-order valence-corrected chi connectivity index (χ1v) is 5.08.